The Morgan fingerprint density at radius 2 is 1.86 bits per heavy atom. The summed E-state index contributed by atoms with van der Waals surface area (Å²) in [5.41, 5.74) is -2.32. The van der Waals surface area contributed by atoms with Gasteiger partial charge in [-0.15, -0.1) is 0 Å². The lowest BCUT2D eigenvalue weighted by Gasteiger charge is -2.13. The minimum Gasteiger partial charge on any atom is -0.344 e. The van der Waals surface area contributed by atoms with Gasteiger partial charge in [-0.25, -0.2) is 0 Å². The highest BCUT2D eigenvalue weighted by atomic mass is 19.4. The maximum Gasteiger partial charge on any atom is 0.416 e. The Balaban J connectivity index is 2.42. The van der Waals surface area contributed by atoms with Gasteiger partial charge in [0.25, 0.3) is 5.43 Å². The molecule has 0 fully saturated rings. The average molecular weight is 298 g/mol. The minimum absolute atomic E-state index is 0.0389. The molecule has 21 heavy (non-hydrogen) atoms. The van der Waals surface area contributed by atoms with Crippen LogP contribution in [0.1, 0.15) is 11.1 Å². The molecule has 110 valence electrons. The van der Waals surface area contributed by atoms with Crippen molar-refractivity contribution in [1.29, 1.82) is 0 Å². The van der Waals surface area contributed by atoms with Crippen LogP contribution in [-0.4, -0.2) is 9.49 Å². The lowest BCUT2D eigenvalue weighted by Crippen LogP contribution is -2.14. The van der Waals surface area contributed by atoms with Crippen LogP contribution in [0.25, 0.3) is 0 Å². The molecule has 0 aliphatic heterocycles. The van der Waals surface area contributed by atoms with E-state index in [1.165, 1.54) is 29.0 Å². The summed E-state index contributed by atoms with van der Waals surface area (Å²) in [7, 11) is 0. The van der Waals surface area contributed by atoms with Gasteiger partial charge < -0.3 is 4.57 Å². The number of hydrogen-bond donors (Lipinski definition) is 0. The van der Waals surface area contributed by atoms with Crippen molar-refractivity contribution in [2.24, 2.45) is 0 Å². The standard InChI is InChI=1S/C13H9F3N2O3/c14-13(15,16)10-4-2-1-3-9(10)7-17-6-5-12(19)11(8-17)18(20)21/h1-6,8H,7H2. The molecule has 0 atom stereocenters. The molecule has 0 bridgehead atoms. The fourth-order valence-corrected chi connectivity index (χ4v) is 1.88. The Labute approximate surface area is 116 Å². The van der Waals surface area contributed by atoms with Gasteiger partial charge in [-0.3, -0.25) is 14.9 Å². The Kier molecular flexibility index (Phi) is 3.79. The van der Waals surface area contributed by atoms with E-state index in [1.54, 1.807) is 0 Å². The number of rotatable bonds is 3. The van der Waals surface area contributed by atoms with Gasteiger partial charge in [0.2, 0.25) is 0 Å². The molecule has 0 radical (unpaired) electrons. The summed E-state index contributed by atoms with van der Waals surface area (Å²) < 4.78 is 39.7. The zero-order valence-corrected chi connectivity index (χ0v) is 10.5. The van der Waals surface area contributed by atoms with Crippen LogP contribution in [0.5, 0.6) is 0 Å². The van der Waals surface area contributed by atoms with Crippen LogP contribution < -0.4 is 5.43 Å². The summed E-state index contributed by atoms with van der Waals surface area (Å²) >= 11 is 0. The Hall–Kier alpha value is -2.64. The van der Waals surface area contributed by atoms with E-state index in [-0.39, 0.29) is 12.1 Å². The summed E-state index contributed by atoms with van der Waals surface area (Å²) in [6, 6.07) is 5.88. The van der Waals surface area contributed by atoms with E-state index in [2.05, 4.69) is 0 Å². The van der Waals surface area contributed by atoms with Crippen molar-refractivity contribution in [3.63, 3.8) is 0 Å². The summed E-state index contributed by atoms with van der Waals surface area (Å²) in [4.78, 5) is 21.1. The zero-order valence-electron chi connectivity index (χ0n) is 10.5. The predicted molar refractivity (Wildman–Crippen MR) is 67.9 cm³/mol. The molecule has 1 aromatic carbocycles. The molecule has 0 unspecified atom stereocenters. The first-order valence-corrected chi connectivity index (χ1v) is 5.78. The Morgan fingerprint density at radius 1 is 1.19 bits per heavy atom. The number of pyridine rings is 1. The van der Waals surface area contributed by atoms with E-state index >= 15 is 0 Å². The summed E-state index contributed by atoms with van der Waals surface area (Å²) in [5, 5.41) is 10.7. The fourth-order valence-electron chi connectivity index (χ4n) is 1.88. The summed E-state index contributed by atoms with van der Waals surface area (Å²) in [5.74, 6) is 0. The Morgan fingerprint density at radius 3 is 2.48 bits per heavy atom. The monoisotopic (exact) mass is 298 g/mol. The lowest BCUT2D eigenvalue weighted by atomic mass is 10.1. The highest BCUT2D eigenvalue weighted by Gasteiger charge is 2.32. The van der Waals surface area contributed by atoms with E-state index in [9.17, 15) is 28.1 Å². The number of aromatic nitrogens is 1. The first-order valence-electron chi connectivity index (χ1n) is 5.78. The minimum atomic E-state index is -4.51. The zero-order chi connectivity index (χ0) is 15.6. The van der Waals surface area contributed by atoms with E-state index in [0.717, 1.165) is 18.3 Å². The molecule has 5 nitrogen and oxygen atoms in total. The third-order valence-electron chi connectivity index (χ3n) is 2.83. The number of nitro groups is 1. The normalized spacial score (nSPS) is 11.4. The Bertz CT molecular complexity index is 738. The lowest BCUT2D eigenvalue weighted by molar-refractivity contribution is -0.386. The third kappa shape index (κ3) is 3.28. The van der Waals surface area contributed by atoms with Crippen molar-refractivity contribution in [3.05, 3.63) is 74.2 Å². The topological polar surface area (TPSA) is 65.1 Å². The molecule has 2 aromatic rings. The molecule has 0 aliphatic carbocycles. The molecule has 2 rings (SSSR count). The highest BCUT2D eigenvalue weighted by molar-refractivity contribution is 5.31. The van der Waals surface area contributed by atoms with Crippen molar-refractivity contribution in [3.8, 4) is 0 Å². The third-order valence-corrected chi connectivity index (χ3v) is 2.83. The van der Waals surface area contributed by atoms with Crippen LogP contribution in [0.2, 0.25) is 0 Å². The first-order chi connectivity index (χ1) is 9.79. The molecule has 0 saturated heterocycles. The van der Waals surface area contributed by atoms with Crippen molar-refractivity contribution < 1.29 is 18.1 Å². The van der Waals surface area contributed by atoms with Crippen LogP contribution in [0.4, 0.5) is 18.9 Å². The van der Waals surface area contributed by atoms with Crippen molar-refractivity contribution in [1.82, 2.24) is 4.57 Å². The fraction of sp³-hybridized carbons (Fsp3) is 0.154. The number of benzene rings is 1. The molecule has 1 heterocycles. The summed E-state index contributed by atoms with van der Waals surface area (Å²) in [6.07, 6.45) is -2.38. The van der Waals surface area contributed by atoms with Gasteiger partial charge in [-0.05, 0) is 11.6 Å². The van der Waals surface area contributed by atoms with E-state index in [1.807, 2.05) is 0 Å². The molecule has 0 spiro atoms. The van der Waals surface area contributed by atoms with E-state index in [4.69, 9.17) is 0 Å². The maximum absolute atomic E-state index is 12.9. The SMILES string of the molecule is O=c1ccn(Cc2ccccc2C(F)(F)F)cc1[N+](=O)[O-]. The first kappa shape index (κ1) is 14.8. The number of halogens is 3. The van der Waals surface area contributed by atoms with Gasteiger partial charge in [0, 0.05) is 18.8 Å². The molecule has 0 aliphatic rings. The molecule has 8 heteroatoms. The molecule has 1 aromatic heterocycles. The van der Waals surface area contributed by atoms with Gasteiger partial charge in [0.1, 0.15) is 0 Å². The number of nitrogens with zero attached hydrogens (tertiary/aromatic N) is 2. The van der Waals surface area contributed by atoms with E-state index in [0.29, 0.717) is 0 Å². The van der Waals surface area contributed by atoms with Crippen LogP contribution in [0.3, 0.4) is 0 Å². The van der Waals surface area contributed by atoms with Crippen LogP contribution in [-0.2, 0) is 12.7 Å². The van der Waals surface area contributed by atoms with Crippen LogP contribution >= 0.6 is 0 Å². The molecular formula is C13H9F3N2O3. The highest BCUT2D eigenvalue weighted by Crippen LogP contribution is 2.32. The van der Waals surface area contributed by atoms with Crippen molar-refractivity contribution >= 4 is 5.69 Å². The second-order valence-electron chi connectivity index (χ2n) is 4.28. The van der Waals surface area contributed by atoms with Crippen molar-refractivity contribution in [2.75, 3.05) is 0 Å². The molecule has 0 saturated carbocycles. The number of hydrogen-bond acceptors (Lipinski definition) is 3. The molecule has 0 amide bonds. The quantitative estimate of drug-likeness (QED) is 0.646. The van der Waals surface area contributed by atoms with Gasteiger partial charge in [0.05, 0.1) is 16.7 Å². The largest absolute Gasteiger partial charge is 0.416 e. The van der Waals surface area contributed by atoms with Crippen LogP contribution in [0, 0.1) is 10.1 Å². The predicted octanol–water partition coefficient (Wildman–Crippen LogP) is 2.82. The van der Waals surface area contributed by atoms with Crippen LogP contribution in [0.15, 0.2) is 47.5 Å². The summed E-state index contributed by atoms with van der Waals surface area (Å²) in [6.45, 7) is -0.225. The second kappa shape index (κ2) is 5.39. The molecule has 0 N–H and O–H groups in total. The second-order valence-corrected chi connectivity index (χ2v) is 4.28. The van der Waals surface area contributed by atoms with Gasteiger partial charge in [0.15, 0.2) is 0 Å². The van der Waals surface area contributed by atoms with E-state index < -0.39 is 27.8 Å². The van der Waals surface area contributed by atoms with Gasteiger partial charge in [-0.1, -0.05) is 18.2 Å². The smallest absolute Gasteiger partial charge is 0.344 e. The van der Waals surface area contributed by atoms with Crippen molar-refractivity contribution in [2.45, 2.75) is 12.7 Å². The number of alkyl halides is 3. The maximum atomic E-state index is 12.9. The van der Waals surface area contributed by atoms with Gasteiger partial charge >= 0.3 is 11.9 Å². The molecular weight excluding hydrogens is 289 g/mol. The van der Waals surface area contributed by atoms with Gasteiger partial charge in [-0.2, -0.15) is 13.2 Å². The average Bonchev–Trinajstić information content (AvgIpc) is 2.40.